The Balaban J connectivity index is 2.33. The molecule has 19 heavy (non-hydrogen) atoms. The van der Waals surface area contributed by atoms with E-state index in [1.54, 1.807) is 0 Å². The monoisotopic (exact) mass is 282 g/mol. The van der Waals surface area contributed by atoms with E-state index in [-0.39, 0.29) is 23.5 Å². The summed E-state index contributed by atoms with van der Waals surface area (Å²) in [6, 6.07) is 8.41. The molecular formula is C16H25ClNO+. The maximum absolute atomic E-state index is 10.5. The lowest BCUT2D eigenvalue weighted by Gasteiger charge is -2.48. The van der Waals surface area contributed by atoms with Gasteiger partial charge in [0, 0.05) is 10.4 Å². The van der Waals surface area contributed by atoms with Gasteiger partial charge in [0.2, 0.25) is 0 Å². The molecule has 2 atom stereocenters. The molecule has 0 bridgehead atoms. The number of benzene rings is 1. The molecule has 0 aromatic heterocycles. The van der Waals surface area contributed by atoms with Crippen molar-refractivity contribution in [1.82, 2.24) is 0 Å². The van der Waals surface area contributed by atoms with Crippen molar-refractivity contribution < 1.29 is 10.4 Å². The van der Waals surface area contributed by atoms with Crippen LogP contribution in [0.1, 0.15) is 38.7 Å². The minimum Gasteiger partial charge on any atom is -0.387 e. The van der Waals surface area contributed by atoms with Crippen LogP contribution in [0, 0.1) is 5.92 Å². The van der Waals surface area contributed by atoms with Gasteiger partial charge in [0.05, 0.1) is 7.05 Å². The molecule has 0 amide bonds. The van der Waals surface area contributed by atoms with Crippen molar-refractivity contribution in [3.63, 3.8) is 0 Å². The average Bonchev–Trinajstić information content (AvgIpc) is 2.34. The van der Waals surface area contributed by atoms with Crippen LogP contribution in [-0.2, 0) is 5.41 Å². The Morgan fingerprint density at radius 2 is 1.79 bits per heavy atom. The van der Waals surface area contributed by atoms with Gasteiger partial charge in [0.1, 0.15) is 12.1 Å². The zero-order valence-corrected chi connectivity index (χ0v) is 12.8. The minimum atomic E-state index is -0.277. The topological polar surface area (TPSA) is 36.8 Å². The van der Waals surface area contributed by atoms with Gasteiger partial charge in [-0.25, -0.2) is 0 Å². The molecule has 1 saturated carbocycles. The third-order valence-corrected chi connectivity index (χ3v) is 4.97. The van der Waals surface area contributed by atoms with E-state index in [0.717, 1.165) is 17.9 Å². The van der Waals surface area contributed by atoms with Gasteiger partial charge in [-0.05, 0) is 36.5 Å². The van der Waals surface area contributed by atoms with Crippen molar-refractivity contribution in [3.8, 4) is 0 Å². The van der Waals surface area contributed by atoms with Gasteiger partial charge in [-0.15, -0.1) is 0 Å². The highest BCUT2D eigenvalue weighted by atomic mass is 35.5. The van der Waals surface area contributed by atoms with Crippen LogP contribution >= 0.6 is 11.6 Å². The van der Waals surface area contributed by atoms with Crippen molar-refractivity contribution in [2.45, 2.75) is 50.7 Å². The smallest absolute Gasteiger partial charge is 0.122 e. The van der Waals surface area contributed by atoms with Gasteiger partial charge in [-0.2, -0.15) is 0 Å². The summed E-state index contributed by atoms with van der Waals surface area (Å²) in [6.07, 6.45) is 3.29. The van der Waals surface area contributed by atoms with Gasteiger partial charge in [0.25, 0.3) is 0 Å². The van der Waals surface area contributed by atoms with Crippen LogP contribution in [0.2, 0.25) is 5.02 Å². The van der Waals surface area contributed by atoms with Crippen molar-refractivity contribution >= 4 is 11.6 Å². The number of nitrogens with two attached hydrogens (primary N) is 1. The highest BCUT2D eigenvalue weighted by Gasteiger charge is 2.50. The largest absolute Gasteiger partial charge is 0.387 e. The molecule has 1 aromatic carbocycles. The first-order valence-electron chi connectivity index (χ1n) is 7.25. The Labute approximate surface area is 121 Å². The number of hydrogen-bond acceptors (Lipinski definition) is 1. The fourth-order valence-corrected chi connectivity index (χ4v) is 3.54. The first kappa shape index (κ1) is 14.8. The van der Waals surface area contributed by atoms with E-state index in [1.807, 2.05) is 12.1 Å². The van der Waals surface area contributed by atoms with E-state index in [4.69, 9.17) is 11.6 Å². The molecule has 1 fully saturated rings. The zero-order chi connectivity index (χ0) is 14.0. The number of halogens is 1. The highest BCUT2D eigenvalue weighted by Crippen LogP contribution is 2.47. The van der Waals surface area contributed by atoms with Crippen molar-refractivity contribution in [3.05, 3.63) is 34.9 Å². The molecule has 3 N–H and O–H groups in total. The Morgan fingerprint density at radius 1 is 1.21 bits per heavy atom. The van der Waals surface area contributed by atoms with Crippen molar-refractivity contribution in [2.75, 3.05) is 7.05 Å². The van der Waals surface area contributed by atoms with Crippen LogP contribution in [0.15, 0.2) is 24.3 Å². The molecule has 0 saturated heterocycles. The van der Waals surface area contributed by atoms with Gasteiger partial charge in [0.15, 0.2) is 0 Å². The van der Waals surface area contributed by atoms with Gasteiger partial charge in [-0.3, -0.25) is 0 Å². The van der Waals surface area contributed by atoms with Gasteiger partial charge in [-0.1, -0.05) is 44.0 Å². The number of likely N-dealkylation sites (N-methyl/N-ethyl adjacent to an activating group) is 1. The predicted molar refractivity (Wildman–Crippen MR) is 79.5 cm³/mol. The van der Waals surface area contributed by atoms with E-state index in [0.29, 0.717) is 0 Å². The molecule has 0 radical (unpaired) electrons. The van der Waals surface area contributed by atoms with Crippen LogP contribution in [0.5, 0.6) is 0 Å². The standard InChI is InChI=1S/C16H24ClNO/c1-11(2)14(19)15(18-3)16(9-4-10-16)12-5-7-13(17)8-6-12/h5-8,11,14-15,18-19H,4,9-10H2,1-3H3/p+1. The Bertz CT molecular complexity index is 411. The first-order chi connectivity index (χ1) is 9.01. The summed E-state index contributed by atoms with van der Waals surface area (Å²) in [6.45, 7) is 4.19. The molecule has 1 aromatic rings. The number of aliphatic hydroxyl groups is 1. The quantitative estimate of drug-likeness (QED) is 0.855. The fraction of sp³-hybridized carbons (Fsp3) is 0.625. The van der Waals surface area contributed by atoms with Crippen molar-refractivity contribution in [1.29, 1.82) is 0 Å². The molecule has 2 nitrogen and oxygen atoms in total. The average molecular weight is 283 g/mol. The van der Waals surface area contributed by atoms with E-state index in [9.17, 15) is 5.11 Å². The van der Waals surface area contributed by atoms with Gasteiger partial charge >= 0.3 is 0 Å². The minimum absolute atomic E-state index is 0.114. The van der Waals surface area contributed by atoms with E-state index >= 15 is 0 Å². The SMILES string of the molecule is C[NH2+]C(C(O)C(C)C)C1(c2ccc(Cl)cc2)CCC1. The summed E-state index contributed by atoms with van der Waals surface area (Å²) in [5.41, 5.74) is 1.44. The lowest BCUT2D eigenvalue weighted by molar-refractivity contribution is -0.684. The van der Waals surface area contributed by atoms with Crippen LogP contribution in [-0.4, -0.2) is 24.3 Å². The van der Waals surface area contributed by atoms with E-state index in [1.165, 1.54) is 12.0 Å². The Kier molecular flexibility index (Phi) is 4.54. The molecule has 106 valence electrons. The summed E-state index contributed by atoms with van der Waals surface area (Å²) in [5.74, 6) is 0.283. The van der Waals surface area contributed by atoms with Gasteiger partial charge < -0.3 is 10.4 Å². The first-order valence-corrected chi connectivity index (χ1v) is 7.62. The van der Waals surface area contributed by atoms with Crippen LogP contribution < -0.4 is 5.32 Å². The Hall–Kier alpha value is -0.570. The Morgan fingerprint density at radius 3 is 2.16 bits per heavy atom. The maximum atomic E-state index is 10.5. The molecule has 0 aliphatic heterocycles. The van der Waals surface area contributed by atoms with Crippen LogP contribution in [0.4, 0.5) is 0 Å². The second kappa shape index (κ2) is 5.82. The summed E-state index contributed by atoms with van der Waals surface area (Å²) < 4.78 is 0. The summed E-state index contributed by atoms with van der Waals surface area (Å²) in [4.78, 5) is 0. The predicted octanol–water partition coefficient (Wildman–Crippen LogP) is 2.34. The van der Waals surface area contributed by atoms with Crippen molar-refractivity contribution in [2.24, 2.45) is 5.92 Å². The lowest BCUT2D eigenvalue weighted by Crippen LogP contribution is -2.94. The molecule has 2 unspecified atom stereocenters. The zero-order valence-electron chi connectivity index (χ0n) is 12.1. The molecule has 1 aliphatic rings. The molecule has 3 heteroatoms. The summed E-state index contributed by atoms with van der Waals surface area (Å²) in [5, 5.41) is 13.5. The summed E-state index contributed by atoms with van der Waals surface area (Å²) in [7, 11) is 2.08. The molecule has 0 spiro atoms. The normalized spacial score (nSPS) is 20.9. The molecule has 2 rings (SSSR count). The van der Waals surface area contributed by atoms with E-state index < -0.39 is 0 Å². The second-order valence-electron chi connectivity index (χ2n) is 6.11. The molecule has 0 heterocycles. The third kappa shape index (κ3) is 2.67. The van der Waals surface area contributed by atoms with E-state index in [2.05, 4.69) is 38.3 Å². The molecule has 1 aliphatic carbocycles. The maximum Gasteiger partial charge on any atom is 0.122 e. The van der Waals surface area contributed by atoms with Crippen LogP contribution in [0.3, 0.4) is 0 Å². The second-order valence-corrected chi connectivity index (χ2v) is 6.55. The lowest BCUT2D eigenvalue weighted by atomic mass is 9.58. The number of hydrogen-bond donors (Lipinski definition) is 2. The number of quaternary nitrogens is 1. The number of aliphatic hydroxyl groups excluding tert-OH is 1. The van der Waals surface area contributed by atoms with Crippen LogP contribution in [0.25, 0.3) is 0 Å². The highest BCUT2D eigenvalue weighted by molar-refractivity contribution is 6.30. The number of rotatable bonds is 5. The fourth-order valence-electron chi connectivity index (χ4n) is 3.41. The third-order valence-electron chi connectivity index (χ3n) is 4.71. The summed E-state index contributed by atoms with van der Waals surface area (Å²) >= 11 is 5.99. The molecular weight excluding hydrogens is 258 g/mol.